The van der Waals surface area contributed by atoms with E-state index in [2.05, 4.69) is 34.5 Å². The van der Waals surface area contributed by atoms with E-state index < -0.39 is 0 Å². The van der Waals surface area contributed by atoms with Gasteiger partial charge in [0.2, 0.25) is 0 Å². The predicted octanol–water partition coefficient (Wildman–Crippen LogP) is 4.93. The van der Waals surface area contributed by atoms with Crippen molar-refractivity contribution >= 4 is 11.3 Å². The van der Waals surface area contributed by atoms with Crippen LogP contribution in [0.1, 0.15) is 35.1 Å². The number of fused-ring (bicyclic) bond motifs is 1. The molecule has 0 N–H and O–H groups in total. The van der Waals surface area contributed by atoms with Crippen LogP contribution in [0.5, 0.6) is 0 Å². The number of aromatic nitrogens is 2. The van der Waals surface area contributed by atoms with Crippen molar-refractivity contribution in [2.45, 2.75) is 32.6 Å². The number of hydrogen-bond donors (Lipinski definition) is 0. The average Bonchev–Trinajstić information content (AvgIpc) is 3.11. The van der Waals surface area contributed by atoms with Gasteiger partial charge in [0.05, 0.1) is 11.6 Å². The van der Waals surface area contributed by atoms with E-state index in [1.54, 1.807) is 11.3 Å². The zero-order chi connectivity index (χ0) is 16.5. The Morgan fingerprint density at radius 2 is 1.88 bits per heavy atom. The third kappa shape index (κ3) is 2.61. The Labute approximate surface area is 145 Å². The first kappa shape index (κ1) is 15.0. The summed E-state index contributed by atoms with van der Waals surface area (Å²) >= 11 is 1.61. The van der Waals surface area contributed by atoms with Crippen LogP contribution in [0.2, 0.25) is 0 Å². The largest absolute Gasteiger partial charge is 0.192 e. The molecule has 0 saturated heterocycles. The number of hydrogen-bond acceptors (Lipinski definition) is 4. The van der Waals surface area contributed by atoms with E-state index >= 15 is 0 Å². The quantitative estimate of drug-likeness (QED) is 0.669. The van der Waals surface area contributed by atoms with Gasteiger partial charge in [0, 0.05) is 11.1 Å². The molecule has 4 rings (SSSR count). The van der Waals surface area contributed by atoms with E-state index in [1.807, 2.05) is 25.1 Å². The summed E-state index contributed by atoms with van der Waals surface area (Å²) in [5.74, 6) is 0. The van der Waals surface area contributed by atoms with Gasteiger partial charge >= 0.3 is 0 Å². The smallest absolute Gasteiger partial charge is 0.148 e. The van der Waals surface area contributed by atoms with Crippen LogP contribution in [0.25, 0.3) is 21.1 Å². The van der Waals surface area contributed by atoms with Crippen LogP contribution in [0, 0.1) is 18.3 Å². The van der Waals surface area contributed by atoms with E-state index in [9.17, 15) is 5.26 Å². The molecule has 4 heteroatoms. The SMILES string of the molecule is Cc1ccc(-c2nnc(-c3cccc4c3CCCC4)s2)cc1C#N. The van der Waals surface area contributed by atoms with Crippen molar-refractivity contribution in [3.63, 3.8) is 0 Å². The monoisotopic (exact) mass is 331 g/mol. The minimum absolute atomic E-state index is 0.696. The second-order valence-corrected chi connectivity index (χ2v) is 7.18. The Bertz CT molecular complexity index is 950. The van der Waals surface area contributed by atoms with E-state index in [0.717, 1.165) is 27.6 Å². The van der Waals surface area contributed by atoms with Gasteiger partial charge in [0.15, 0.2) is 0 Å². The lowest BCUT2D eigenvalue weighted by Crippen LogP contribution is -2.04. The highest BCUT2D eigenvalue weighted by Crippen LogP contribution is 2.35. The molecule has 3 aromatic rings. The Morgan fingerprint density at radius 1 is 1.04 bits per heavy atom. The third-order valence-electron chi connectivity index (χ3n) is 4.66. The predicted molar refractivity (Wildman–Crippen MR) is 96.9 cm³/mol. The third-order valence-corrected chi connectivity index (χ3v) is 5.66. The van der Waals surface area contributed by atoms with Gasteiger partial charge in [-0.25, -0.2) is 0 Å². The van der Waals surface area contributed by atoms with Gasteiger partial charge in [-0.2, -0.15) is 5.26 Å². The molecule has 118 valence electrons. The second kappa shape index (κ2) is 6.18. The summed E-state index contributed by atoms with van der Waals surface area (Å²) in [5, 5.41) is 19.9. The molecule has 1 heterocycles. The zero-order valence-electron chi connectivity index (χ0n) is 13.5. The fourth-order valence-electron chi connectivity index (χ4n) is 3.31. The molecule has 1 aliphatic carbocycles. The van der Waals surface area contributed by atoms with E-state index in [4.69, 9.17) is 0 Å². The molecule has 0 fully saturated rings. The lowest BCUT2D eigenvalue weighted by atomic mass is 9.88. The Kier molecular flexibility index (Phi) is 3.87. The molecular formula is C20H17N3S. The number of aryl methyl sites for hydroxylation is 2. The van der Waals surface area contributed by atoms with Crippen LogP contribution in [0.3, 0.4) is 0 Å². The van der Waals surface area contributed by atoms with Crippen LogP contribution >= 0.6 is 11.3 Å². The summed E-state index contributed by atoms with van der Waals surface area (Å²) in [6.07, 6.45) is 4.82. The van der Waals surface area contributed by atoms with Crippen LogP contribution in [-0.2, 0) is 12.8 Å². The topological polar surface area (TPSA) is 49.6 Å². The summed E-state index contributed by atoms with van der Waals surface area (Å²) in [6.45, 7) is 1.95. The fraction of sp³-hybridized carbons (Fsp3) is 0.250. The summed E-state index contributed by atoms with van der Waals surface area (Å²) in [5.41, 5.74) is 6.77. The van der Waals surface area contributed by atoms with Gasteiger partial charge in [-0.3, -0.25) is 0 Å². The molecular weight excluding hydrogens is 314 g/mol. The van der Waals surface area contributed by atoms with E-state index in [1.165, 1.54) is 36.0 Å². The van der Waals surface area contributed by atoms with Gasteiger partial charge in [-0.05, 0) is 55.4 Å². The summed E-state index contributed by atoms with van der Waals surface area (Å²) in [6, 6.07) is 14.6. The van der Waals surface area contributed by atoms with Gasteiger partial charge in [-0.1, -0.05) is 41.7 Å². The maximum Gasteiger partial charge on any atom is 0.148 e. The number of benzene rings is 2. The Morgan fingerprint density at radius 3 is 2.75 bits per heavy atom. The maximum atomic E-state index is 9.22. The number of nitrogens with zero attached hydrogens (tertiary/aromatic N) is 3. The first-order valence-corrected chi connectivity index (χ1v) is 9.03. The summed E-state index contributed by atoms with van der Waals surface area (Å²) in [4.78, 5) is 0. The lowest BCUT2D eigenvalue weighted by molar-refractivity contribution is 0.686. The highest BCUT2D eigenvalue weighted by molar-refractivity contribution is 7.17. The van der Waals surface area contributed by atoms with Crippen molar-refractivity contribution in [2.75, 3.05) is 0 Å². The summed E-state index contributed by atoms with van der Waals surface area (Å²) < 4.78 is 0. The normalized spacial score (nSPS) is 13.3. The first-order chi connectivity index (χ1) is 11.8. The zero-order valence-corrected chi connectivity index (χ0v) is 14.4. The molecule has 0 unspecified atom stereocenters. The van der Waals surface area contributed by atoms with E-state index in [0.29, 0.717) is 5.56 Å². The highest BCUT2D eigenvalue weighted by Gasteiger charge is 2.17. The number of nitriles is 1. The van der Waals surface area contributed by atoms with Crippen LogP contribution in [-0.4, -0.2) is 10.2 Å². The minimum atomic E-state index is 0.696. The van der Waals surface area contributed by atoms with Gasteiger partial charge in [-0.15, -0.1) is 10.2 Å². The molecule has 0 spiro atoms. The molecule has 0 atom stereocenters. The molecule has 0 aliphatic heterocycles. The van der Waals surface area contributed by atoms with Crippen molar-refractivity contribution < 1.29 is 0 Å². The van der Waals surface area contributed by atoms with Crippen molar-refractivity contribution in [1.82, 2.24) is 10.2 Å². The van der Waals surface area contributed by atoms with Gasteiger partial charge < -0.3 is 0 Å². The molecule has 0 saturated carbocycles. The molecule has 0 radical (unpaired) electrons. The first-order valence-electron chi connectivity index (χ1n) is 8.22. The van der Waals surface area contributed by atoms with Crippen molar-refractivity contribution in [3.05, 3.63) is 58.7 Å². The number of rotatable bonds is 2. The average molecular weight is 331 g/mol. The van der Waals surface area contributed by atoms with Crippen molar-refractivity contribution in [3.8, 4) is 27.2 Å². The minimum Gasteiger partial charge on any atom is -0.192 e. The molecule has 3 nitrogen and oxygen atoms in total. The second-order valence-electron chi connectivity index (χ2n) is 6.20. The lowest BCUT2D eigenvalue weighted by Gasteiger charge is -2.17. The molecule has 2 aromatic carbocycles. The molecule has 1 aliphatic rings. The maximum absolute atomic E-state index is 9.22. The highest BCUT2D eigenvalue weighted by atomic mass is 32.1. The van der Waals surface area contributed by atoms with Gasteiger partial charge in [0.25, 0.3) is 0 Å². The van der Waals surface area contributed by atoms with E-state index in [-0.39, 0.29) is 0 Å². The van der Waals surface area contributed by atoms with Crippen LogP contribution in [0.4, 0.5) is 0 Å². The molecule has 0 bridgehead atoms. The standard InChI is InChI=1S/C20H17N3S/c1-13-9-10-15(11-16(13)12-21)19-22-23-20(24-19)18-8-4-6-14-5-2-3-7-17(14)18/h4,6,8-11H,2-3,5,7H2,1H3. The molecule has 24 heavy (non-hydrogen) atoms. The molecule has 0 amide bonds. The fourth-order valence-corrected chi connectivity index (χ4v) is 4.20. The van der Waals surface area contributed by atoms with Gasteiger partial charge in [0.1, 0.15) is 10.0 Å². The Hall–Kier alpha value is -2.51. The van der Waals surface area contributed by atoms with Crippen LogP contribution in [0.15, 0.2) is 36.4 Å². The summed E-state index contributed by atoms with van der Waals surface area (Å²) in [7, 11) is 0. The van der Waals surface area contributed by atoms with Crippen molar-refractivity contribution in [2.24, 2.45) is 0 Å². The van der Waals surface area contributed by atoms with Crippen LogP contribution < -0.4 is 0 Å². The Balaban J connectivity index is 1.75. The molecule has 1 aromatic heterocycles. The van der Waals surface area contributed by atoms with Crippen molar-refractivity contribution in [1.29, 1.82) is 5.26 Å².